The van der Waals surface area contributed by atoms with Crippen molar-refractivity contribution < 1.29 is 17.6 Å². The van der Waals surface area contributed by atoms with Crippen molar-refractivity contribution >= 4 is 5.78 Å². The van der Waals surface area contributed by atoms with Gasteiger partial charge in [-0.25, -0.2) is 0 Å². The van der Waals surface area contributed by atoms with E-state index >= 15 is 0 Å². The summed E-state index contributed by atoms with van der Waals surface area (Å²) in [6.45, 7) is 0. The molecule has 0 fully saturated rings. The number of benzene rings is 1. The molecule has 0 unspecified atom stereocenters. The van der Waals surface area contributed by atoms with Crippen molar-refractivity contribution in [1.29, 1.82) is 0 Å². The molecule has 0 aliphatic rings. The third-order valence-corrected chi connectivity index (χ3v) is 1.50. The Labute approximate surface area is 73.5 Å². The lowest BCUT2D eigenvalue weighted by Crippen LogP contribution is -2.24. The maximum atomic E-state index is 12.2. The van der Waals surface area contributed by atoms with Gasteiger partial charge < -0.3 is 0 Å². The SMILES string of the molecule is C[O+]=C(c1ccccc1)C(F)(F)F. The lowest BCUT2D eigenvalue weighted by Gasteiger charge is -1.99. The summed E-state index contributed by atoms with van der Waals surface area (Å²) in [5.74, 6) is -0.965. The van der Waals surface area contributed by atoms with Crippen LogP contribution in [0.3, 0.4) is 0 Å². The van der Waals surface area contributed by atoms with Crippen LogP contribution in [0.5, 0.6) is 0 Å². The van der Waals surface area contributed by atoms with Crippen LogP contribution in [0.2, 0.25) is 0 Å². The summed E-state index contributed by atoms with van der Waals surface area (Å²) in [6.07, 6.45) is -4.43. The highest BCUT2D eigenvalue weighted by Gasteiger charge is 2.46. The molecule has 0 bridgehead atoms. The summed E-state index contributed by atoms with van der Waals surface area (Å²) in [4.78, 5) is 0. The Kier molecular flexibility index (Phi) is 2.70. The minimum absolute atomic E-state index is 0.0394. The fourth-order valence-electron chi connectivity index (χ4n) is 0.987. The maximum absolute atomic E-state index is 12.2. The molecule has 0 radical (unpaired) electrons. The first-order valence-electron chi connectivity index (χ1n) is 3.59. The monoisotopic (exact) mass is 189 g/mol. The van der Waals surface area contributed by atoms with Gasteiger partial charge >= 0.3 is 12.0 Å². The second-order valence-electron chi connectivity index (χ2n) is 2.40. The van der Waals surface area contributed by atoms with Gasteiger partial charge in [-0.15, -0.1) is 0 Å². The summed E-state index contributed by atoms with van der Waals surface area (Å²) < 4.78 is 41.0. The van der Waals surface area contributed by atoms with Crippen LogP contribution in [0, 0.1) is 0 Å². The average Bonchev–Trinajstić information content (AvgIpc) is 2.05. The zero-order chi connectivity index (χ0) is 9.90. The van der Waals surface area contributed by atoms with Gasteiger partial charge in [0.2, 0.25) is 0 Å². The van der Waals surface area contributed by atoms with Crippen molar-refractivity contribution in [2.24, 2.45) is 0 Å². The zero-order valence-corrected chi connectivity index (χ0v) is 6.93. The van der Waals surface area contributed by atoms with Crippen molar-refractivity contribution in [3.8, 4) is 0 Å². The van der Waals surface area contributed by atoms with E-state index in [2.05, 4.69) is 4.42 Å². The van der Waals surface area contributed by atoms with E-state index in [9.17, 15) is 13.2 Å². The van der Waals surface area contributed by atoms with Crippen LogP contribution in [-0.4, -0.2) is 19.1 Å². The Balaban J connectivity index is 3.08. The van der Waals surface area contributed by atoms with E-state index < -0.39 is 12.0 Å². The van der Waals surface area contributed by atoms with E-state index in [-0.39, 0.29) is 5.56 Å². The number of alkyl halides is 3. The first-order valence-corrected chi connectivity index (χ1v) is 3.59. The van der Waals surface area contributed by atoms with E-state index in [0.717, 1.165) is 7.11 Å². The predicted molar refractivity (Wildman–Crippen MR) is 42.8 cm³/mol. The van der Waals surface area contributed by atoms with Crippen molar-refractivity contribution in [2.75, 3.05) is 7.11 Å². The van der Waals surface area contributed by atoms with Gasteiger partial charge in [-0.2, -0.15) is 13.2 Å². The molecule has 0 N–H and O–H groups in total. The number of hydrogen-bond donors (Lipinski definition) is 0. The summed E-state index contributed by atoms with van der Waals surface area (Å²) >= 11 is 0. The molecule has 0 saturated heterocycles. The topological polar surface area (TPSA) is 11.3 Å². The van der Waals surface area contributed by atoms with Gasteiger partial charge in [0.1, 0.15) is 0 Å². The van der Waals surface area contributed by atoms with E-state index in [1.54, 1.807) is 6.07 Å². The summed E-state index contributed by atoms with van der Waals surface area (Å²) in [5, 5.41) is 0. The van der Waals surface area contributed by atoms with Gasteiger partial charge in [-0.3, -0.25) is 4.42 Å². The third kappa shape index (κ3) is 2.31. The lowest BCUT2D eigenvalue weighted by atomic mass is 10.1. The number of carbonyl (C=O) groups excluding carboxylic acids is 1. The van der Waals surface area contributed by atoms with Gasteiger partial charge in [0.15, 0.2) is 0 Å². The Bertz CT molecular complexity index is 300. The van der Waals surface area contributed by atoms with Gasteiger partial charge in [0, 0.05) is 0 Å². The van der Waals surface area contributed by atoms with E-state index in [1.807, 2.05) is 0 Å². The minimum Gasteiger partial charge on any atom is -0.251 e. The number of halogens is 3. The van der Waals surface area contributed by atoms with Crippen LogP contribution in [0.1, 0.15) is 9.99 Å². The second-order valence-corrected chi connectivity index (χ2v) is 2.40. The van der Waals surface area contributed by atoms with Gasteiger partial charge in [-0.1, -0.05) is 18.2 Å². The molecule has 0 amide bonds. The molecule has 4 heteroatoms. The molecule has 70 valence electrons. The molecule has 0 spiro atoms. The molecule has 1 aromatic rings. The fourth-order valence-corrected chi connectivity index (χ4v) is 0.987. The Hall–Kier alpha value is -1.32. The van der Waals surface area contributed by atoms with Crippen molar-refractivity contribution in [3.05, 3.63) is 35.9 Å². The summed E-state index contributed by atoms with van der Waals surface area (Å²) in [6, 6.07) is 7.41. The number of ketones is 1. The Morgan fingerprint density at radius 2 is 1.69 bits per heavy atom. The first kappa shape index (κ1) is 9.77. The van der Waals surface area contributed by atoms with Crippen molar-refractivity contribution in [3.63, 3.8) is 0 Å². The number of hydrogen-bond acceptors (Lipinski definition) is 0. The quantitative estimate of drug-likeness (QED) is 0.475. The third-order valence-electron chi connectivity index (χ3n) is 1.50. The normalized spacial score (nSPS) is 13.1. The number of rotatable bonds is 1. The molecule has 0 heterocycles. The molecule has 1 nitrogen and oxygen atoms in total. The van der Waals surface area contributed by atoms with Crippen LogP contribution in [-0.2, 0) is 0 Å². The second kappa shape index (κ2) is 3.60. The van der Waals surface area contributed by atoms with Crippen LogP contribution >= 0.6 is 0 Å². The molecule has 0 saturated carbocycles. The van der Waals surface area contributed by atoms with Gasteiger partial charge in [0.05, 0.1) is 5.56 Å². The highest BCUT2D eigenvalue weighted by molar-refractivity contribution is 6.00. The van der Waals surface area contributed by atoms with Crippen molar-refractivity contribution in [2.45, 2.75) is 6.18 Å². The minimum atomic E-state index is -4.43. The molecule has 0 atom stereocenters. The average molecular weight is 189 g/mol. The van der Waals surface area contributed by atoms with Crippen LogP contribution in [0.15, 0.2) is 30.3 Å². The molecule has 0 aliphatic carbocycles. The van der Waals surface area contributed by atoms with E-state index in [0.29, 0.717) is 0 Å². The van der Waals surface area contributed by atoms with Crippen LogP contribution < -0.4 is 0 Å². The summed E-state index contributed by atoms with van der Waals surface area (Å²) in [7, 11) is 1.01. The first-order chi connectivity index (χ1) is 6.05. The lowest BCUT2D eigenvalue weighted by molar-refractivity contribution is -0.248. The highest BCUT2D eigenvalue weighted by atomic mass is 19.4. The largest absolute Gasteiger partial charge is 0.509 e. The van der Waals surface area contributed by atoms with E-state index in [4.69, 9.17) is 0 Å². The molecule has 1 aromatic carbocycles. The molecular formula is C9H8F3O+. The zero-order valence-electron chi connectivity index (χ0n) is 6.93. The van der Waals surface area contributed by atoms with Crippen LogP contribution in [0.4, 0.5) is 13.2 Å². The molecule has 0 aromatic heterocycles. The van der Waals surface area contributed by atoms with Crippen molar-refractivity contribution in [1.82, 2.24) is 0 Å². The van der Waals surface area contributed by atoms with Crippen LogP contribution in [0.25, 0.3) is 0 Å². The van der Waals surface area contributed by atoms with Gasteiger partial charge in [0.25, 0.3) is 7.11 Å². The molecular weight excluding hydrogens is 181 g/mol. The highest BCUT2D eigenvalue weighted by Crippen LogP contribution is 2.21. The molecule has 0 aliphatic heterocycles. The summed E-state index contributed by atoms with van der Waals surface area (Å²) in [5.41, 5.74) is 0.0394. The Morgan fingerprint density at radius 3 is 2.08 bits per heavy atom. The molecule has 1 rings (SSSR count). The van der Waals surface area contributed by atoms with Gasteiger partial charge in [-0.05, 0) is 12.1 Å². The fraction of sp³-hybridized carbons (Fsp3) is 0.222. The van der Waals surface area contributed by atoms with E-state index in [1.165, 1.54) is 24.3 Å². The smallest absolute Gasteiger partial charge is 0.251 e. The maximum Gasteiger partial charge on any atom is 0.509 e. The predicted octanol–water partition coefficient (Wildman–Crippen LogP) is 2.60. The Morgan fingerprint density at radius 1 is 1.15 bits per heavy atom. The molecule has 13 heavy (non-hydrogen) atoms. The standard InChI is InChI=1S/C9H8F3O/c1-13-8(9(10,11)12)7-5-3-2-4-6-7/h2-6H,1H3/q+1.